The van der Waals surface area contributed by atoms with Crippen LogP contribution in [0.4, 0.5) is 0 Å². The molecule has 0 aliphatic carbocycles. The Bertz CT molecular complexity index is 702. The molecule has 5 nitrogen and oxygen atoms in total. The Hall–Kier alpha value is -1.37. The molecule has 7 heteroatoms. The number of benzene rings is 1. The summed E-state index contributed by atoms with van der Waals surface area (Å²) in [7, 11) is 1.83. The van der Waals surface area contributed by atoms with E-state index in [1.165, 1.54) is 6.07 Å². The summed E-state index contributed by atoms with van der Waals surface area (Å²) < 4.78 is 0.856. The van der Waals surface area contributed by atoms with Crippen molar-refractivity contribution in [3.8, 4) is 0 Å². The zero-order valence-corrected chi connectivity index (χ0v) is 14.1. The minimum absolute atomic E-state index is 0. The van der Waals surface area contributed by atoms with Crippen LogP contribution in [0.1, 0.15) is 17.3 Å². The summed E-state index contributed by atoms with van der Waals surface area (Å²) in [6, 6.07) is 6.91. The molecule has 1 amide bonds. The molecule has 0 saturated heterocycles. The Labute approximate surface area is 137 Å². The Morgan fingerprint density at radius 1 is 1.38 bits per heavy atom. The molecule has 21 heavy (non-hydrogen) atoms. The van der Waals surface area contributed by atoms with Gasteiger partial charge in [-0.2, -0.15) is 0 Å². The number of pyridine rings is 1. The van der Waals surface area contributed by atoms with Gasteiger partial charge < -0.3 is 15.6 Å². The predicted octanol–water partition coefficient (Wildman–Crippen LogP) is 2.05. The van der Waals surface area contributed by atoms with Crippen LogP contribution >= 0.6 is 28.3 Å². The average molecular weight is 375 g/mol. The van der Waals surface area contributed by atoms with Gasteiger partial charge in [0.1, 0.15) is 0 Å². The highest BCUT2D eigenvalue weighted by Crippen LogP contribution is 2.20. The van der Waals surface area contributed by atoms with E-state index in [1.54, 1.807) is 6.07 Å². The van der Waals surface area contributed by atoms with Gasteiger partial charge in [-0.25, -0.2) is 0 Å². The van der Waals surface area contributed by atoms with Crippen molar-refractivity contribution in [2.75, 3.05) is 13.6 Å². The van der Waals surface area contributed by atoms with Gasteiger partial charge in [0, 0.05) is 34.0 Å². The molecule has 2 rings (SSSR count). The van der Waals surface area contributed by atoms with Crippen molar-refractivity contribution in [2.45, 2.75) is 13.0 Å². The number of fused-ring (bicyclic) bond motifs is 1. The van der Waals surface area contributed by atoms with Crippen LogP contribution in [0.5, 0.6) is 0 Å². The maximum atomic E-state index is 12.2. The molecule has 1 unspecified atom stereocenters. The monoisotopic (exact) mass is 373 g/mol. The fourth-order valence-corrected chi connectivity index (χ4v) is 2.22. The van der Waals surface area contributed by atoms with Gasteiger partial charge in [-0.05, 0) is 32.2 Å². The van der Waals surface area contributed by atoms with Crippen molar-refractivity contribution < 1.29 is 4.79 Å². The number of halogens is 2. The van der Waals surface area contributed by atoms with Crippen molar-refractivity contribution in [2.24, 2.45) is 0 Å². The Kier molecular flexibility index (Phi) is 6.39. The number of aromatic amines is 1. The molecule has 1 heterocycles. The molecule has 0 fully saturated rings. The highest BCUT2D eigenvalue weighted by Gasteiger charge is 2.12. The maximum Gasteiger partial charge on any atom is 0.252 e. The average Bonchev–Trinajstić information content (AvgIpc) is 2.43. The van der Waals surface area contributed by atoms with Crippen LogP contribution in [0.2, 0.25) is 0 Å². The summed E-state index contributed by atoms with van der Waals surface area (Å²) in [6.45, 7) is 2.46. The van der Waals surface area contributed by atoms with E-state index in [0.717, 1.165) is 4.47 Å². The third-order valence-electron chi connectivity index (χ3n) is 3.11. The first kappa shape index (κ1) is 17.7. The minimum atomic E-state index is -0.286. The lowest BCUT2D eigenvalue weighted by molar-refractivity contribution is 0.0952. The quantitative estimate of drug-likeness (QED) is 0.767. The molecule has 3 N–H and O–H groups in total. The molecule has 1 aromatic carbocycles. The molecular formula is C14H17BrClN3O2. The molecule has 0 aliphatic rings. The molecule has 1 atom stereocenters. The molecule has 2 aromatic rings. The highest BCUT2D eigenvalue weighted by atomic mass is 79.9. The third kappa shape index (κ3) is 4.30. The molecule has 0 aliphatic heterocycles. The number of likely N-dealkylation sites (N-methyl/N-ethyl adjacent to an activating group) is 1. The summed E-state index contributed by atoms with van der Waals surface area (Å²) in [5.41, 5.74) is 0.743. The van der Waals surface area contributed by atoms with E-state index < -0.39 is 0 Å². The van der Waals surface area contributed by atoms with Crippen molar-refractivity contribution in [1.82, 2.24) is 15.6 Å². The number of H-pyrrole nitrogens is 1. The summed E-state index contributed by atoms with van der Waals surface area (Å²) in [5.74, 6) is -0.249. The predicted molar refractivity (Wildman–Crippen MR) is 90.4 cm³/mol. The number of hydrogen-bond donors (Lipinski definition) is 3. The molecule has 0 bridgehead atoms. The maximum absolute atomic E-state index is 12.2. The van der Waals surface area contributed by atoms with Crippen LogP contribution < -0.4 is 16.2 Å². The van der Waals surface area contributed by atoms with Gasteiger partial charge in [-0.3, -0.25) is 9.59 Å². The van der Waals surface area contributed by atoms with Crippen LogP contribution in [0, 0.1) is 0 Å². The molecule has 1 aromatic heterocycles. The van der Waals surface area contributed by atoms with Gasteiger partial charge in [-0.1, -0.05) is 15.9 Å². The van der Waals surface area contributed by atoms with E-state index in [4.69, 9.17) is 0 Å². The van der Waals surface area contributed by atoms with Crippen molar-refractivity contribution in [3.63, 3.8) is 0 Å². The number of carbonyl (C=O) groups is 1. The van der Waals surface area contributed by atoms with Crippen LogP contribution in [-0.2, 0) is 0 Å². The van der Waals surface area contributed by atoms with Crippen LogP contribution in [0.15, 0.2) is 33.5 Å². The summed E-state index contributed by atoms with van der Waals surface area (Å²) in [4.78, 5) is 26.6. The topological polar surface area (TPSA) is 74.0 Å². The summed E-state index contributed by atoms with van der Waals surface area (Å²) in [5, 5.41) is 6.57. The van der Waals surface area contributed by atoms with E-state index >= 15 is 0 Å². The Balaban J connectivity index is 0.00000220. The van der Waals surface area contributed by atoms with Gasteiger partial charge in [0.15, 0.2) is 0 Å². The normalized spacial score (nSPS) is 11.8. The Morgan fingerprint density at radius 3 is 2.76 bits per heavy atom. The second-order valence-electron chi connectivity index (χ2n) is 4.64. The minimum Gasteiger partial charge on any atom is -0.350 e. The van der Waals surface area contributed by atoms with Gasteiger partial charge in [0.05, 0.1) is 5.56 Å². The molecule has 0 radical (unpaired) electrons. The van der Waals surface area contributed by atoms with E-state index in [-0.39, 0.29) is 29.9 Å². The lowest BCUT2D eigenvalue weighted by atomic mass is 10.1. The number of hydrogen-bond acceptors (Lipinski definition) is 3. The van der Waals surface area contributed by atoms with E-state index in [9.17, 15) is 9.59 Å². The lowest BCUT2D eigenvalue weighted by Crippen LogP contribution is -2.37. The standard InChI is InChI=1S/C14H16BrN3O2.ClH/c1-8(16-2)7-17-14(20)11-6-13(19)18-12-4-3-9(15)5-10(11)12;/h3-6,8,16H,7H2,1-2H3,(H,17,20)(H,18,19);1H. The first-order valence-corrected chi connectivity index (χ1v) is 7.08. The fraction of sp³-hybridized carbons (Fsp3) is 0.286. The SMILES string of the molecule is CNC(C)CNC(=O)c1cc(=O)[nH]c2ccc(Br)cc12.Cl. The van der Waals surface area contributed by atoms with Gasteiger partial charge in [0.25, 0.3) is 5.91 Å². The fourth-order valence-electron chi connectivity index (χ4n) is 1.86. The van der Waals surface area contributed by atoms with E-state index in [0.29, 0.717) is 23.0 Å². The molecule has 114 valence electrons. The molecular weight excluding hydrogens is 358 g/mol. The number of amides is 1. The Morgan fingerprint density at radius 2 is 2.10 bits per heavy atom. The highest BCUT2D eigenvalue weighted by molar-refractivity contribution is 9.10. The molecule has 0 saturated carbocycles. The van der Waals surface area contributed by atoms with Gasteiger partial charge in [0.2, 0.25) is 5.56 Å². The van der Waals surface area contributed by atoms with E-state index in [1.807, 2.05) is 26.1 Å². The van der Waals surface area contributed by atoms with Gasteiger partial charge >= 0.3 is 0 Å². The largest absolute Gasteiger partial charge is 0.350 e. The smallest absolute Gasteiger partial charge is 0.252 e. The number of aromatic nitrogens is 1. The van der Waals surface area contributed by atoms with Crippen molar-refractivity contribution in [3.05, 3.63) is 44.7 Å². The first-order chi connectivity index (χ1) is 9.51. The van der Waals surface area contributed by atoms with Crippen molar-refractivity contribution >= 4 is 45.1 Å². The summed E-state index contributed by atoms with van der Waals surface area (Å²) in [6.07, 6.45) is 0. The van der Waals surface area contributed by atoms with Crippen LogP contribution in [0.3, 0.4) is 0 Å². The van der Waals surface area contributed by atoms with Gasteiger partial charge in [-0.15, -0.1) is 12.4 Å². The second-order valence-corrected chi connectivity index (χ2v) is 5.55. The zero-order chi connectivity index (χ0) is 14.7. The summed E-state index contributed by atoms with van der Waals surface area (Å²) >= 11 is 3.37. The van der Waals surface area contributed by atoms with Crippen molar-refractivity contribution in [1.29, 1.82) is 0 Å². The zero-order valence-electron chi connectivity index (χ0n) is 11.7. The third-order valence-corrected chi connectivity index (χ3v) is 3.60. The van der Waals surface area contributed by atoms with Crippen LogP contribution in [0.25, 0.3) is 10.9 Å². The number of nitrogens with one attached hydrogen (secondary N) is 3. The lowest BCUT2D eigenvalue weighted by Gasteiger charge is -2.12. The second kappa shape index (κ2) is 7.59. The van der Waals surface area contributed by atoms with E-state index in [2.05, 4.69) is 31.5 Å². The first-order valence-electron chi connectivity index (χ1n) is 6.29. The number of rotatable bonds is 4. The molecule has 0 spiro atoms. The number of carbonyl (C=O) groups excluding carboxylic acids is 1. The van der Waals surface area contributed by atoms with Crippen LogP contribution in [-0.4, -0.2) is 30.5 Å².